The molecule has 0 amide bonds. The molecule has 0 aromatic carbocycles. The van der Waals surface area contributed by atoms with Crippen LogP contribution in [0.3, 0.4) is 0 Å². The van der Waals surface area contributed by atoms with Gasteiger partial charge in [0, 0.05) is 12.1 Å². The monoisotopic (exact) mass is 192 g/mol. The summed E-state index contributed by atoms with van der Waals surface area (Å²) in [6.45, 7) is 2.43. The van der Waals surface area contributed by atoms with E-state index in [1.807, 2.05) is 6.92 Å². The van der Waals surface area contributed by atoms with E-state index < -0.39 is 0 Å². The molecule has 0 bridgehead atoms. The maximum Gasteiger partial charge on any atom is 0.316 e. The molecular weight excluding hydrogens is 180 g/mol. The second-order valence-corrected chi connectivity index (χ2v) is 3.32. The van der Waals surface area contributed by atoms with Crippen molar-refractivity contribution in [3.63, 3.8) is 0 Å². The van der Waals surface area contributed by atoms with Crippen molar-refractivity contribution >= 4 is 6.29 Å². The van der Waals surface area contributed by atoms with E-state index >= 15 is 0 Å². The molecule has 74 valence electrons. The van der Waals surface area contributed by atoms with Gasteiger partial charge in [-0.05, 0) is 19.8 Å². The lowest BCUT2D eigenvalue weighted by molar-refractivity contribution is 0.112. The first-order chi connectivity index (χ1) is 6.85. The van der Waals surface area contributed by atoms with Crippen molar-refractivity contribution in [1.82, 2.24) is 9.97 Å². The number of aromatic nitrogens is 2. The zero-order valence-electron chi connectivity index (χ0n) is 8.06. The quantitative estimate of drug-likeness (QED) is 0.679. The first-order valence-electron chi connectivity index (χ1n) is 4.80. The lowest BCUT2D eigenvalue weighted by atomic mass is 10.2. The molecule has 14 heavy (non-hydrogen) atoms. The van der Waals surface area contributed by atoms with Crippen molar-refractivity contribution in [2.75, 3.05) is 6.61 Å². The van der Waals surface area contributed by atoms with Crippen LogP contribution in [0.2, 0.25) is 0 Å². The zero-order valence-corrected chi connectivity index (χ0v) is 8.06. The Balaban J connectivity index is 2.31. The minimum absolute atomic E-state index is 0.375. The third-order valence-corrected chi connectivity index (χ3v) is 2.19. The molecule has 2 rings (SSSR count). The van der Waals surface area contributed by atoms with Gasteiger partial charge in [0.2, 0.25) is 0 Å². The molecular formula is C10H12N2O2. The van der Waals surface area contributed by atoms with Gasteiger partial charge in [-0.15, -0.1) is 0 Å². The van der Waals surface area contributed by atoms with Crippen LogP contribution in [0.5, 0.6) is 6.01 Å². The van der Waals surface area contributed by atoms with E-state index in [4.69, 9.17) is 4.74 Å². The van der Waals surface area contributed by atoms with Gasteiger partial charge in [-0.25, -0.2) is 4.98 Å². The smallest absolute Gasteiger partial charge is 0.316 e. The molecule has 1 aliphatic rings. The van der Waals surface area contributed by atoms with E-state index in [1.165, 1.54) is 0 Å². The summed E-state index contributed by atoms with van der Waals surface area (Å²) in [7, 11) is 0. The third kappa shape index (κ3) is 1.73. The Hall–Kier alpha value is -1.45. The molecule has 1 fully saturated rings. The summed E-state index contributed by atoms with van der Waals surface area (Å²) in [6, 6.07) is 0.375. The average molecular weight is 192 g/mol. The molecule has 0 N–H and O–H groups in total. The molecule has 0 aliphatic heterocycles. The van der Waals surface area contributed by atoms with Gasteiger partial charge in [-0.2, -0.15) is 4.98 Å². The summed E-state index contributed by atoms with van der Waals surface area (Å²) in [4.78, 5) is 18.9. The van der Waals surface area contributed by atoms with E-state index in [2.05, 4.69) is 9.97 Å². The number of aldehydes is 1. The van der Waals surface area contributed by atoms with E-state index in [9.17, 15) is 4.79 Å². The van der Waals surface area contributed by atoms with Gasteiger partial charge in [0.25, 0.3) is 0 Å². The van der Waals surface area contributed by atoms with Crippen molar-refractivity contribution in [2.45, 2.75) is 25.7 Å². The van der Waals surface area contributed by atoms with Crippen LogP contribution in [0.15, 0.2) is 6.20 Å². The Morgan fingerprint density at radius 1 is 1.64 bits per heavy atom. The number of hydrogen-bond acceptors (Lipinski definition) is 4. The molecule has 1 saturated carbocycles. The molecule has 0 saturated heterocycles. The fourth-order valence-electron chi connectivity index (χ4n) is 1.36. The SMILES string of the molecule is CCOc1ncc(C=O)c(C2CC2)n1. The van der Waals surface area contributed by atoms with E-state index in [0.717, 1.165) is 24.8 Å². The van der Waals surface area contributed by atoms with Crippen molar-refractivity contribution in [3.05, 3.63) is 17.5 Å². The van der Waals surface area contributed by atoms with Crippen LogP contribution in [0.25, 0.3) is 0 Å². The molecule has 0 radical (unpaired) electrons. The van der Waals surface area contributed by atoms with E-state index in [0.29, 0.717) is 24.1 Å². The number of nitrogens with zero attached hydrogens (tertiary/aromatic N) is 2. The molecule has 0 unspecified atom stereocenters. The minimum atomic E-state index is 0.375. The maximum atomic E-state index is 10.7. The molecule has 1 aromatic rings. The first-order valence-corrected chi connectivity index (χ1v) is 4.80. The number of carbonyl (C=O) groups excluding carboxylic acids is 1. The van der Waals surface area contributed by atoms with Crippen molar-refractivity contribution in [3.8, 4) is 6.01 Å². The Bertz CT molecular complexity index is 348. The fraction of sp³-hybridized carbons (Fsp3) is 0.500. The van der Waals surface area contributed by atoms with Crippen LogP contribution in [-0.4, -0.2) is 22.9 Å². The molecule has 4 nitrogen and oxygen atoms in total. The maximum absolute atomic E-state index is 10.7. The van der Waals surface area contributed by atoms with Crippen LogP contribution >= 0.6 is 0 Å². The minimum Gasteiger partial charge on any atom is -0.464 e. The average Bonchev–Trinajstić information content (AvgIpc) is 3.01. The molecule has 4 heteroatoms. The van der Waals surface area contributed by atoms with E-state index in [-0.39, 0.29) is 0 Å². The van der Waals surface area contributed by atoms with Gasteiger partial charge in [-0.1, -0.05) is 0 Å². The molecule has 1 aromatic heterocycles. The van der Waals surface area contributed by atoms with Crippen LogP contribution in [0, 0.1) is 0 Å². The van der Waals surface area contributed by atoms with Crippen LogP contribution in [0.4, 0.5) is 0 Å². The van der Waals surface area contributed by atoms with Gasteiger partial charge in [0.1, 0.15) is 0 Å². The highest BCUT2D eigenvalue weighted by molar-refractivity contribution is 5.76. The highest BCUT2D eigenvalue weighted by Crippen LogP contribution is 2.40. The van der Waals surface area contributed by atoms with Crippen molar-refractivity contribution in [1.29, 1.82) is 0 Å². The summed E-state index contributed by atoms with van der Waals surface area (Å²) >= 11 is 0. The number of rotatable bonds is 4. The number of ether oxygens (including phenoxy) is 1. The lowest BCUT2D eigenvalue weighted by Gasteiger charge is -2.04. The molecule has 1 aliphatic carbocycles. The van der Waals surface area contributed by atoms with Gasteiger partial charge in [-0.3, -0.25) is 4.79 Å². The molecule has 0 spiro atoms. The van der Waals surface area contributed by atoms with Crippen LogP contribution in [0.1, 0.15) is 41.7 Å². The number of carbonyl (C=O) groups is 1. The number of hydrogen-bond donors (Lipinski definition) is 0. The van der Waals surface area contributed by atoms with Gasteiger partial charge in [0.05, 0.1) is 17.9 Å². The van der Waals surface area contributed by atoms with Gasteiger partial charge < -0.3 is 4.74 Å². The summed E-state index contributed by atoms with van der Waals surface area (Å²) in [6.07, 6.45) is 4.58. The molecule has 1 heterocycles. The highest BCUT2D eigenvalue weighted by atomic mass is 16.5. The second kappa shape index (κ2) is 3.74. The van der Waals surface area contributed by atoms with Crippen LogP contribution in [-0.2, 0) is 0 Å². The second-order valence-electron chi connectivity index (χ2n) is 3.32. The van der Waals surface area contributed by atoms with Gasteiger partial charge in [0.15, 0.2) is 6.29 Å². The normalized spacial score (nSPS) is 15.2. The Morgan fingerprint density at radius 3 is 3.00 bits per heavy atom. The third-order valence-electron chi connectivity index (χ3n) is 2.19. The summed E-state index contributed by atoms with van der Waals surface area (Å²) in [5.74, 6) is 0.442. The Kier molecular flexibility index (Phi) is 2.43. The summed E-state index contributed by atoms with van der Waals surface area (Å²) < 4.78 is 5.19. The Morgan fingerprint density at radius 2 is 2.43 bits per heavy atom. The highest BCUT2D eigenvalue weighted by Gasteiger charge is 2.28. The summed E-state index contributed by atoms with van der Waals surface area (Å²) in [5.41, 5.74) is 1.44. The van der Waals surface area contributed by atoms with Crippen LogP contribution < -0.4 is 4.74 Å². The lowest BCUT2D eigenvalue weighted by Crippen LogP contribution is -2.02. The predicted molar refractivity (Wildman–Crippen MR) is 50.6 cm³/mol. The standard InChI is InChI=1S/C10H12N2O2/c1-2-14-10-11-5-8(6-13)9(12-10)7-3-4-7/h5-7H,2-4H2,1H3. The van der Waals surface area contributed by atoms with E-state index in [1.54, 1.807) is 6.20 Å². The molecule has 0 atom stereocenters. The fourth-order valence-corrected chi connectivity index (χ4v) is 1.36. The van der Waals surface area contributed by atoms with Gasteiger partial charge >= 0.3 is 6.01 Å². The van der Waals surface area contributed by atoms with Crippen molar-refractivity contribution in [2.24, 2.45) is 0 Å². The summed E-state index contributed by atoms with van der Waals surface area (Å²) in [5, 5.41) is 0. The topological polar surface area (TPSA) is 52.1 Å². The zero-order chi connectivity index (χ0) is 9.97. The van der Waals surface area contributed by atoms with Crippen molar-refractivity contribution < 1.29 is 9.53 Å². The Labute approximate surface area is 82.3 Å². The predicted octanol–water partition coefficient (Wildman–Crippen LogP) is 1.57. The largest absolute Gasteiger partial charge is 0.464 e. The first kappa shape index (κ1) is 9.12.